The summed E-state index contributed by atoms with van der Waals surface area (Å²) < 4.78 is 10.9. The van der Waals surface area contributed by atoms with Crippen LogP contribution in [0.5, 0.6) is 0 Å². The molecular formula is C25H46O4. The van der Waals surface area contributed by atoms with Crippen LogP contribution in [0.3, 0.4) is 0 Å². The van der Waals surface area contributed by atoms with Gasteiger partial charge >= 0.3 is 11.9 Å². The number of unbranched alkanes of at least 4 members (excludes halogenated alkanes) is 10. The predicted octanol–water partition coefficient (Wildman–Crippen LogP) is 7.16. The third-order valence-electron chi connectivity index (χ3n) is 5.08. The van der Waals surface area contributed by atoms with E-state index in [1.165, 1.54) is 51.4 Å². The van der Waals surface area contributed by atoms with Crippen molar-refractivity contribution in [1.82, 2.24) is 0 Å². The summed E-state index contributed by atoms with van der Waals surface area (Å²) in [5.74, 6) is -0.472. The number of esters is 2. The third kappa shape index (κ3) is 15.2. The van der Waals surface area contributed by atoms with Gasteiger partial charge in [-0.25, -0.2) is 9.59 Å². The highest BCUT2D eigenvalue weighted by Crippen LogP contribution is 2.19. The average molecular weight is 411 g/mol. The fraction of sp³-hybridized carbons (Fsp3) is 0.840. The van der Waals surface area contributed by atoms with Crippen molar-refractivity contribution in [3.05, 3.63) is 11.1 Å². The van der Waals surface area contributed by atoms with Crippen LogP contribution in [0.1, 0.15) is 118 Å². The maximum absolute atomic E-state index is 12.5. The zero-order chi connectivity index (χ0) is 21.9. The van der Waals surface area contributed by atoms with Crippen LogP contribution in [-0.2, 0) is 19.1 Å². The molecule has 0 saturated heterocycles. The molecule has 0 bridgehead atoms. The Kier molecular flexibility index (Phi) is 17.8. The summed E-state index contributed by atoms with van der Waals surface area (Å²) in [6, 6.07) is 0. The van der Waals surface area contributed by atoms with E-state index in [9.17, 15) is 9.59 Å². The van der Waals surface area contributed by atoms with Crippen LogP contribution in [0.25, 0.3) is 0 Å². The number of carbonyl (C=O) groups is 2. The molecule has 0 aromatic rings. The van der Waals surface area contributed by atoms with E-state index in [2.05, 4.69) is 13.8 Å². The van der Waals surface area contributed by atoms with E-state index in [1.54, 1.807) is 6.92 Å². The minimum absolute atomic E-state index is 0.271. The minimum atomic E-state index is -0.384. The van der Waals surface area contributed by atoms with Gasteiger partial charge in [0, 0.05) is 11.1 Å². The molecule has 0 amide bonds. The molecule has 0 aromatic carbocycles. The van der Waals surface area contributed by atoms with Gasteiger partial charge in [0.1, 0.15) is 0 Å². The second-order valence-corrected chi connectivity index (χ2v) is 8.51. The van der Waals surface area contributed by atoms with Crippen molar-refractivity contribution in [3.8, 4) is 0 Å². The topological polar surface area (TPSA) is 52.6 Å². The second kappa shape index (κ2) is 18.7. The van der Waals surface area contributed by atoms with E-state index in [0.717, 1.165) is 25.7 Å². The Morgan fingerprint density at radius 1 is 0.655 bits per heavy atom. The summed E-state index contributed by atoms with van der Waals surface area (Å²) in [6.45, 7) is 11.0. The Hall–Kier alpha value is -1.32. The highest BCUT2D eigenvalue weighted by molar-refractivity contribution is 6.00. The Balaban J connectivity index is 4.44. The normalized spacial score (nSPS) is 12.1. The quantitative estimate of drug-likeness (QED) is 0.137. The van der Waals surface area contributed by atoms with Gasteiger partial charge in [0.2, 0.25) is 0 Å². The molecule has 0 atom stereocenters. The molecule has 0 aliphatic carbocycles. The van der Waals surface area contributed by atoms with E-state index < -0.39 is 0 Å². The first-order valence-corrected chi connectivity index (χ1v) is 12.0. The van der Waals surface area contributed by atoms with E-state index in [1.807, 2.05) is 13.8 Å². The van der Waals surface area contributed by atoms with Crippen LogP contribution in [0, 0.1) is 5.92 Å². The van der Waals surface area contributed by atoms with Crippen molar-refractivity contribution < 1.29 is 19.1 Å². The summed E-state index contributed by atoms with van der Waals surface area (Å²) in [6.07, 6.45) is 14.3. The predicted molar refractivity (Wildman–Crippen MR) is 121 cm³/mol. The smallest absolute Gasteiger partial charge is 0.334 e. The fourth-order valence-corrected chi connectivity index (χ4v) is 3.21. The van der Waals surface area contributed by atoms with Gasteiger partial charge in [0.15, 0.2) is 0 Å². The molecule has 0 spiro atoms. The number of hydrogen-bond donors (Lipinski definition) is 0. The van der Waals surface area contributed by atoms with Crippen molar-refractivity contribution in [2.45, 2.75) is 118 Å². The summed E-state index contributed by atoms with van der Waals surface area (Å²) >= 11 is 0. The van der Waals surface area contributed by atoms with Crippen LogP contribution in [0.2, 0.25) is 0 Å². The highest BCUT2D eigenvalue weighted by Gasteiger charge is 2.21. The first-order chi connectivity index (χ1) is 13.9. The largest absolute Gasteiger partial charge is 0.462 e. The lowest BCUT2D eigenvalue weighted by atomic mass is 9.98. The number of hydrogen-bond acceptors (Lipinski definition) is 4. The van der Waals surface area contributed by atoms with Crippen molar-refractivity contribution in [2.24, 2.45) is 5.92 Å². The van der Waals surface area contributed by atoms with E-state index in [-0.39, 0.29) is 17.9 Å². The molecular weight excluding hydrogens is 364 g/mol. The van der Waals surface area contributed by atoms with Gasteiger partial charge < -0.3 is 9.47 Å². The van der Waals surface area contributed by atoms with Crippen molar-refractivity contribution in [2.75, 3.05) is 13.2 Å². The zero-order valence-corrected chi connectivity index (χ0v) is 19.8. The first kappa shape index (κ1) is 27.7. The maximum atomic E-state index is 12.5. The second-order valence-electron chi connectivity index (χ2n) is 8.51. The standard InChI is InChI=1S/C25H46O4/c1-6-8-10-12-14-16-18-28-24(26)22(5)23(20-21(3)4)25(27)29-19-17-15-13-11-9-7-2/h21H,6-20H2,1-5H3/b23-22-. The van der Waals surface area contributed by atoms with Crippen LogP contribution >= 0.6 is 0 Å². The zero-order valence-electron chi connectivity index (χ0n) is 19.8. The molecule has 0 heterocycles. The lowest BCUT2D eigenvalue weighted by Gasteiger charge is -2.14. The molecule has 4 nitrogen and oxygen atoms in total. The lowest BCUT2D eigenvalue weighted by molar-refractivity contribution is -0.142. The maximum Gasteiger partial charge on any atom is 0.334 e. The molecule has 0 fully saturated rings. The Labute approximate surface area is 179 Å². The lowest BCUT2D eigenvalue weighted by Crippen LogP contribution is -2.17. The molecule has 4 heteroatoms. The monoisotopic (exact) mass is 410 g/mol. The van der Waals surface area contributed by atoms with E-state index >= 15 is 0 Å². The third-order valence-corrected chi connectivity index (χ3v) is 5.08. The van der Waals surface area contributed by atoms with Crippen LogP contribution in [-0.4, -0.2) is 25.2 Å². The van der Waals surface area contributed by atoms with Gasteiger partial charge in [-0.05, 0) is 32.1 Å². The number of ether oxygens (including phenoxy) is 2. The van der Waals surface area contributed by atoms with Crippen molar-refractivity contribution in [1.29, 1.82) is 0 Å². The fourth-order valence-electron chi connectivity index (χ4n) is 3.21. The van der Waals surface area contributed by atoms with Gasteiger partial charge in [-0.2, -0.15) is 0 Å². The minimum Gasteiger partial charge on any atom is -0.462 e. The number of rotatable bonds is 18. The molecule has 0 aromatic heterocycles. The van der Waals surface area contributed by atoms with E-state index in [4.69, 9.17) is 9.47 Å². The van der Waals surface area contributed by atoms with E-state index in [0.29, 0.717) is 30.8 Å². The van der Waals surface area contributed by atoms with Gasteiger partial charge in [-0.1, -0.05) is 91.9 Å². The Morgan fingerprint density at radius 3 is 1.52 bits per heavy atom. The van der Waals surface area contributed by atoms with Crippen molar-refractivity contribution in [3.63, 3.8) is 0 Å². The van der Waals surface area contributed by atoms with Crippen LogP contribution < -0.4 is 0 Å². The average Bonchev–Trinajstić information content (AvgIpc) is 2.69. The molecule has 29 heavy (non-hydrogen) atoms. The number of carbonyl (C=O) groups excluding carboxylic acids is 2. The SMILES string of the molecule is CCCCCCCCOC(=O)/C(C)=C(/CC(C)C)C(=O)OCCCCCCCC. The molecule has 0 rings (SSSR count). The Bertz CT molecular complexity index is 465. The molecule has 0 aliphatic heterocycles. The summed E-state index contributed by atoms with van der Waals surface area (Å²) in [4.78, 5) is 24.9. The molecule has 0 aliphatic rings. The van der Waals surface area contributed by atoms with Gasteiger partial charge in [-0.15, -0.1) is 0 Å². The highest BCUT2D eigenvalue weighted by atomic mass is 16.5. The molecule has 0 radical (unpaired) electrons. The van der Waals surface area contributed by atoms with Gasteiger partial charge in [-0.3, -0.25) is 0 Å². The van der Waals surface area contributed by atoms with Crippen LogP contribution in [0.4, 0.5) is 0 Å². The molecule has 0 N–H and O–H groups in total. The Morgan fingerprint density at radius 2 is 1.07 bits per heavy atom. The van der Waals surface area contributed by atoms with Crippen LogP contribution in [0.15, 0.2) is 11.1 Å². The first-order valence-electron chi connectivity index (χ1n) is 12.0. The van der Waals surface area contributed by atoms with Gasteiger partial charge in [0.25, 0.3) is 0 Å². The summed E-state index contributed by atoms with van der Waals surface area (Å²) in [5, 5.41) is 0. The molecule has 170 valence electrons. The molecule has 0 saturated carbocycles. The van der Waals surface area contributed by atoms with Crippen molar-refractivity contribution >= 4 is 11.9 Å². The molecule has 0 unspecified atom stereocenters. The summed E-state index contributed by atoms with van der Waals surface area (Å²) in [7, 11) is 0. The van der Waals surface area contributed by atoms with Gasteiger partial charge in [0.05, 0.1) is 13.2 Å². The summed E-state index contributed by atoms with van der Waals surface area (Å²) in [5.41, 5.74) is 0.872.